The Kier molecular flexibility index (Phi) is 5.41. The quantitative estimate of drug-likeness (QED) is 0.449. The summed E-state index contributed by atoms with van der Waals surface area (Å²) in [5, 5.41) is 3.21. The molecule has 2 aliphatic rings. The molecule has 0 aromatic heterocycles. The molecule has 0 radical (unpaired) electrons. The second kappa shape index (κ2) is 6.93. The number of fused-ring (bicyclic) bond motifs is 1. The molecule has 3 rings (SSSR count). The van der Waals surface area contributed by atoms with E-state index >= 15 is 0 Å². The maximum absolute atomic E-state index is 5.90. The predicted molar refractivity (Wildman–Crippen MR) is 98.5 cm³/mol. The van der Waals surface area contributed by atoms with Crippen LogP contribution in [0.2, 0.25) is 0 Å². The average Bonchev–Trinajstić information content (AvgIpc) is 3.29. The third-order valence-electron chi connectivity index (χ3n) is 3.90. The Morgan fingerprint density at radius 2 is 1.95 bits per heavy atom. The van der Waals surface area contributed by atoms with Crippen molar-refractivity contribution >= 4 is 29.9 Å². The zero-order valence-corrected chi connectivity index (χ0v) is 15.4. The lowest BCUT2D eigenvalue weighted by molar-refractivity contribution is 0.171. The van der Waals surface area contributed by atoms with Crippen molar-refractivity contribution in [3.63, 3.8) is 0 Å². The van der Waals surface area contributed by atoms with Gasteiger partial charge >= 0.3 is 0 Å². The summed E-state index contributed by atoms with van der Waals surface area (Å²) in [6.45, 7) is 6.17. The standard InChI is InChI=1S/C16H23N3O2.HI/c1-16(2,10-18-15(17)19-12-4-5-12)11-3-6-13-14(9-11)21-8-7-20-13;/h3,6,9,12H,4-5,7-8,10H2,1-2H3,(H3,17,18,19);1H. The van der Waals surface area contributed by atoms with E-state index < -0.39 is 0 Å². The van der Waals surface area contributed by atoms with E-state index in [0.29, 0.717) is 31.8 Å². The van der Waals surface area contributed by atoms with Gasteiger partial charge in [-0.3, -0.25) is 4.99 Å². The third kappa shape index (κ3) is 4.18. The number of guanidine groups is 1. The van der Waals surface area contributed by atoms with Crippen molar-refractivity contribution in [3.05, 3.63) is 23.8 Å². The van der Waals surface area contributed by atoms with Gasteiger partial charge in [0.2, 0.25) is 0 Å². The highest BCUT2D eigenvalue weighted by Crippen LogP contribution is 2.35. The number of benzene rings is 1. The van der Waals surface area contributed by atoms with Crippen molar-refractivity contribution in [2.45, 2.75) is 38.1 Å². The lowest BCUT2D eigenvalue weighted by Gasteiger charge is -2.26. The van der Waals surface area contributed by atoms with Crippen molar-refractivity contribution in [1.29, 1.82) is 0 Å². The molecule has 0 atom stereocenters. The van der Waals surface area contributed by atoms with Gasteiger partial charge in [0.05, 0.1) is 6.54 Å². The fourth-order valence-electron chi connectivity index (χ4n) is 2.32. The molecule has 0 bridgehead atoms. The number of nitrogens with zero attached hydrogens (tertiary/aromatic N) is 1. The van der Waals surface area contributed by atoms with Crippen molar-refractivity contribution in [2.24, 2.45) is 10.7 Å². The Bertz CT molecular complexity index is 556. The van der Waals surface area contributed by atoms with Gasteiger partial charge in [-0.05, 0) is 30.5 Å². The summed E-state index contributed by atoms with van der Waals surface area (Å²) in [7, 11) is 0. The Labute approximate surface area is 148 Å². The van der Waals surface area contributed by atoms with Crippen LogP contribution in [0, 0.1) is 0 Å². The summed E-state index contributed by atoms with van der Waals surface area (Å²) in [5.74, 6) is 2.18. The highest BCUT2D eigenvalue weighted by molar-refractivity contribution is 14.0. The highest BCUT2D eigenvalue weighted by atomic mass is 127. The van der Waals surface area contributed by atoms with Gasteiger partial charge in [0.1, 0.15) is 13.2 Å². The van der Waals surface area contributed by atoms with Gasteiger partial charge in [0, 0.05) is 11.5 Å². The molecule has 1 aromatic rings. The van der Waals surface area contributed by atoms with Gasteiger partial charge in [0.15, 0.2) is 17.5 Å². The molecular formula is C16H24IN3O2. The summed E-state index contributed by atoms with van der Waals surface area (Å²) < 4.78 is 11.2. The fourth-order valence-corrected chi connectivity index (χ4v) is 2.32. The van der Waals surface area contributed by atoms with Crippen molar-refractivity contribution < 1.29 is 9.47 Å². The first-order valence-electron chi connectivity index (χ1n) is 7.51. The van der Waals surface area contributed by atoms with Gasteiger partial charge in [-0.25, -0.2) is 0 Å². The van der Waals surface area contributed by atoms with Crippen molar-refractivity contribution in [1.82, 2.24) is 5.32 Å². The van der Waals surface area contributed by atoms with E-state index in [0.717, 1.165) is 11.5 Å². The van der Waals surface area contributed by atoms with Crippen LogP contribution in [-0.4, -0.2) is 31.8 Å². The van der Waals surface area contributed by atoms with Gasteiger partial charge in [-0.15, -0.1) is 24.0 Å². The van der Waals surface area contributed by atoms with E-state index in [-0.39, 0.29) is 29.4 Å². The van der Waals surface area contributed by atoms with E-state index in [1.165, 1.54) is 18.4 Å². The SMILES string of the molecule is CC(C)(CN=C(N)NC1CC1)c1ccc2c(c1)OCCO2.I. The number of hydrogen-bond acceptors (Lipinski definition) is 3. The van der Waals surface area contributed by atoms with Crippen molar-refractivity contribution in [3.8, 4) is 11.5 Å². The Morgan fingerprint density at radius 1 is 1.27 bits per heavy atom. The summed E-state index contributed by atoms with van der Waals surface area (Å²) in [5.41, 5.74) is 6.98. The topological polar surface area (TPSA) is 68.9 Å². The second-order valence-electron chi connectivity index (χ2n) is 6.36. The van der Waals surface area contributed by atoms with Crippen LogP contribution in [0.4, 0.5) is 0 Å². The smallest absolute Gasteiger partial charge is 0.188 e. The van der Waals surface area contributed by atoms with Gasteiger partial charge in [0.25, 0.3) is 0 Å². The minimum atomic E-state index is -0.105. The molecule has 3 N–H and O–H groups in total. The van der Waals surface area contributed by atoms with E-state index in [2.05, 4.69) is 36.3 Å². The molecule has 1 saturated carbocycles. The number of halogens is 1. The Balaban J connectivity index is 0.00000176. The molecule has 5 nitrogen and oxygen atoms in total. The first-order chi connectivity index (χ1) is 10.0. The van der Waals surface area contributed by atoms with Gasteiger partial charge < -0.3 is 20.5 Å². The second-order valence-corrected chi connectivity index (χ2v) is 6.36. The summed E-state index contributed by atoms with van der Waals surface area (Å²) in [6.07, 6.45) is 2.39. The zero-order chi connectivity index (χ0) is 14.9. The fraction of sp³-hybridized carbons (Fsp3) is 0.562. The summed E-state index contributed by atoms with van der Waals surface area (Å²) in [6, 6.07) is 6.63. The molecule has 6 heteroatoms. The van der Waals surface area contributed by atoms with E-state index in [4.69, 9.17) is 15.2 Å². The number of nitrogens with two attached hydrogens (primary N) is 1. The molecule has 1 aliphatic carbocycles. The van der Waals surface area contributed by atoms with Crippen LogP contribution in [0.1, 0.15) is 32.3 Å². The van der Waals surface area contributed by atoms with Crippen LogP contribution in [0.3, 0.4) is 0 Å². The minimum absolute atomic E-state index is 0. The number of hydrogen-bond donors (Lipinski definition) is 2. The largest absolute Gasteiger partial charge is 0.486 e. The molecule has 0 spiro atoms. The number of nitrogens with one attached hydrogen (secondary N) is 1. The Morgan fingerprint density at radius 3 is 2.64 bits per heavy atom. The maximum Gasteiger partial charge on any atom is 0.188 e. The summed E-state index contributed by atoms with van der Waals surface area (Å²) in [4.78, 5) is 4.48. The van der Waals surface area contributed by atoms with Crippen LogP contribution in [-0.2, 0) is 5.41 Å². The molecule has 122 valence electrons. The number of rotatable bonds is 4. The van der Waals surface area contributed by atoms with E-state index in [1.807, 2.05) is 6.07 Å². The maximum atomic E-state index is 5.90. The normalized spacial score (nSPS) is 17.6. The molecule has 22 heavy (non-hydrogen) atoms. The van der Waals surface area contributed by atoms with Gasteiger partial charge in [-0.1, -0.05) is 19.9 Å². The molecule has 1 heterocycles. The number of ether oxygens (including phenoxy) is 2. The van der Waals surface area contributed by atoms with Gasteiger partial charge in [-0.2, -0.15) is 0 Å². The first kappa shape index (κ1) is 17.2. The average molecular weight is 417 g/mol. The van der Waals surface area contributed by atoms with Crippen LogP contribution in [0.15, 0.2) is 23.2 Å². The molecule has 0 amide bonds. The molecular weight excluding hydrogens is 393 g/mol. The van der Waals surface area contributed by atoms with E-state index in [9.17, 15) is 0 Å². The molecule has 0 saturated heterocycles. The molecule has 1 aromatic carbocycles. The lowest BCUT2D eigenvalue weighted by Crippen LogP contribution is -2.35. The third-order valence-corrected chi connectivity index (χ3v) is 3.90. The van der Waals surface area contributed by atoms with Crippen molar-refractivity contribution in [2.75, 3.05) is 19.8 Å². The van der Waals surface area contributed by atoms with Crippen LogP contribution in [0.25, 0.3) is 0 Å². The molecule has 1 aliphatic heterocycles. The minimum Gasteiger partial charge on any atom is -0.486 e. The zero-order valence-electron chi connectivity index (χ0n) is 13.1. The molecule has 1 fully saturated rings. The Hall–Kier alpha value is -1.18. The predicted octanol–water partition coefficient (Wildman–Crippen LogP) is 2.42. The summed E-state index contributed by atoms with van der Waals surface area (Å²) >= 11 is 0. The lowest BCUT2D eigenvalue weighted by atomic mass is 9.84. The first-order valence-corrected chi connectivity index (χ1v) is 7.51. The van der Waals surface area contributed by atoms with Crippen LogP contribution < -0.4 is 20.5 Å². The van der Waals surface area contributed by atoms with Crippen LogP contribution in [0.5, 0.6) is 11.5 Å². The number of aliphatic imine (C=N–C) groups is 1. The highest BCUT2D eigenvalue weighted by Gasteiger charge is 2.24. The van der Waals surface area contributed by atoms with Crippen LogP contribution >= 0.6 is 24.0 Å². The van der Waals surface area contributed by atoms with E-state index in [1.54, 1.807) is 0 Å². The monoisotopic (exact) mass is 417 g/mol. The molecule has 0 unspecified atom stereocenters.